The first-order valence-electron chi connectivity index (χ1n) is 10.0. The normalized spacial score (nSPS) is 13.9. The monoisotopic (exact) mass is 379 g/mol. The number of benzene rings is 1. The molecule has 2 heterocycles. The minimum atomic E-state index is 0.125. The van der Waals surface area contributed by atoms with Crippen LogP contribution in [-0.4, -0.2) is 32.4 Å². The molecule has 28 heavy (non-hydrogen) atoms. The van der Waals surface area contributed by atoms with Gasteiger partial charge in [0.05, 0.1) is 17.3 Å². The van der Waals surface area contributed by atoms with E-state index in [0.717, 1.165) is 35.5 Å². The highest BCUT2D eigenvalue weighted by Gasteiger charge is 2.24. The third kappa shape index (κ3) is 4.19. The summed E-state index contributed by atoms with van der Waals surface area (Å²) >= 11 is 0. The number of hydrogen-bond donors (Lipinski definition) is 0. The SMILES string of the molecule is CCC(C)N(C(=O)Cn1c(/C=C/c2ccco2)nc2ccccc21)C(C)CC. The van der Waals surface area contributed by atoms with Crippen LogP contribution in [0.2, 0.25) is 0 Å². The Balaban J connectivity index is 1.96. The first kappa shape index (κ1) is 19.9. The second-order valence-corrected chi connectivity index (χ2v) is 7.21. The number of hydrogen-bond acceptors (Lipinski definition) is 3. The van der Waals surface area contributed by atoms with Crippen molar-refractivity contribution < 1.29 is 9.21 Å². The summed E-state index contributed by atoms with van der Waals surface area (Å²) < 4.78 is 7.38. The Morgan fingerprint density at radius 3 is 2.46 bits per heavy atom. The van der Waals surface area contributed by atoms with Crippen LogP contribution in [0.25, 0.3) is 23.2 Å². The van der Waals surface area contributed by atoms with Gasteiger partial charge in [-0.3, -0.25) is 4.79 Å². The summed E-state index contributed by atoms with van der Waals surface area (Å²) in [5, 5.41) is 0. The molecular weight excluding hydrogens is 350 g/mol. The fourth-order valence-corrected chi connectivity index (χ4v) is 3.47. The van der Waals surface area contributed by atoms with Gasteiger partial charge in [-0.25, -0.2) is 4.98 Å². The minimum Gasteiger partial charge on any atom is -0.465 e. The van der Waals surface area contributed by atoms with Gasteiger partial charge in [-0.05, 0) is 63.1 Å². The topological polar surface area (TPSA) is 51.3 Å². The van der Waals surface area contributed by atoms with E-state index in [1.807, 2.05) is 58.0 Å². The molecule has 2 atom stereocenters. The summed E-state index contributed by atoms with van der Waals surface area (Å²) in [5.74, 6) is 1.63. The zero-order valence-electron chi connectivity index (χ0n) is 17.1. The van der Waals surface area contributed by atoms with Gasteiger partial charge >= 0.3 is 0 Å². The maximum atomic E-state index is 13.3. The van der Waals surface area contributed by atoms with Gasteiger partial charge in [-0.1, -0.05) is 26.0 Å². The molecule has 0 bridgehead atoms. The van der Waals surface area contributed by atoms with Gasteiger partial charge < -0.3 is 13.9 Å². The van der Waals surface area contributed by atoms with Crippen molar-refractivity contribution in [1.82, 2.24) is 14.5 Å². The number of rotatable bonds is 8. The van der Waals surface area contributed by atoms with Crippen molar-refractivity contribution in [3.05, 3.63) is 54.2 Å². The highest BCUT2D eigenvalue weighted by Crippen LogP contribution is 2.20. The van der Waals surface area contributed by atoms with E-state index in [2.05, 4.69) is 27.7 Å². The Morgan fingerprint density at radius 1 is 1.11 bits per heavy atom. The number of fused-ring (bicyclic) bond motifs is 1. The number of nitrogens with zero attached hydrogens (tertiary/aromatic N) is 3. The molecule has 3 rings (SSSR count). The molecule has 0 spiro atoms. The highest BCUT2D eigenvalue weighted by atomic mass is 16.3. The first-order chi connectivity index (χ1) is 13.5. The van der Waals surface area contributed by atoms with Gasteiger partial charge in [0.25, 0.3) is 0 Å². The second-order valence-electron chi connectivity index (χ2n) is 7.21. The average molecular weight is 380 g/mol. The molecule has 2 aromatic heterocycles. The lowest BCUT2D eigenvalue weighted by atomic mass is 10.1. The first-order valence-corrected chi connectivity index (χ1v) is 10.0. The zero-order chi connectivity index (χ0) is 20.1. The van der Waals surface area contributed by atoms with Crippen LogP contribution in [0.4, 0.5) is 0 Å². The predicted molar refractivity (Wildman–Crippen MR) is 114 cm³/mol. The van der Waals surface area contributed by atoms with Gasteiger partial charge in [0.15, 0.2) is 0 Å². The molecule has 5 heteroatoms. The van der Waals surface area contributed by atoms with E-state index in [1.165, 1.54) is 0 Å². The van der Waals surface area contributed by atoms with Gasteiger partial charge in [-0.2, -0.15) is 0 Å². The molecule has 0 aliphatic carbocycles. The van der Waals surface area contributed by atoms with Crippen molar-refractivity contribution in [3.63, 3.8) is 0 Å². The average Bonchev–Trinajstić information content (AvgIpc) is 3.34. The second kappa shape index (κ2) is 8.91. The Hall–Kier alpha value is -2.82. The van der Waals surface area contributed by atoms with Crippen molar-refractivity contribution in [3.8, 4) is 0 Å². The maximum Gasteiger partial charge on any atom is 0.243 e. The van der Waals surface area contributed by atoms with Crippen LogP contribution < -0.4 is 0 Å². The molecule has 148 valence electrons. The van der Waals surface area contributed by atoms with Crippen molar-refractivity contribution in [2.45, 2.75) is 59.2 Å². The summed E-state index contributed by atoms with van der Waals surface area (Å²) in [6, 6.07) is 12.1. The summed E-state index contributed by atoms with van der Waals surface area (Å²) in [6.45, 7) is 8.75. The lowest BCUT2D eigenvalue weighted by molar-refractivity contribution is -0.136. The van der Waals surface area contributed by atoms with Crippen LogP contribution in [0.5, 0.6) is 0 Å². The van der Waals surface area contributed by atoms with Crippen LogP contribution in [0.3, 0.4) is 0 Å². The standard InChI is InChI=1S/C23H29N3O2/c1-5-17(3)26(18(4)6-2)23(27)16-25-21-12-8-7-11-20(21)24-22(25)14-13-19-10-9-15-28-19/h7-15,17-18H,5-6,16H2,1-4H3/b14-13+. The molecule has 0 saturated carbocycles. The fraction of sp³-hybridized carbons (Fsp3) is 0.391. The van der Waals surface area contributed by atoms with E-state index in [0.29, 0.717) is 0 Å². The number of furan rings is 1. The van der Waals surface area contributed by atoms with Crippen molar-refractivity contribution in [1.29, 1.82) is 0 Å². The lowest BCUT2D eigenvalue weighted by Gasteiger charge is -2.34. The van der Waals surface area contributed by atoms with E-state index in [1.54, 1.807) is 6.26 Å². The van der Waals surface area contributed by atoms with Crippen LogP contribution in [0.1, 0.15) is 52.1 Å². The number of aromatic nitrogens is 2. The Bertz CT molecular complexity index is 930. The summed E-state index contributed by atoms with van der Waals surface area (Å²) in [5.41, 5.74) is 1.84. The molecule has 5 nitrogen and oxygen atoms in total. The molecule has 0 N–H and O–H groups in total. The van der Waals surface area contributed by atoms with Crippen LogP contribution in [0.15, 0.2) is 47.1 Å². The number of amides is 1. The zero-order valence-corrected chi connectivity index (χ0v) is 17.1. The van der Waals surface area contributed by atoms with Crippen LogP contribution in [-0.2, 0) is 11.3 Å². The van der Waals surface area contributed by atoms with Gasteiger partial charge in [0, 0.05) is 12.1 Å². The van der Waals surface area contributed by atoms with Crippen molar-refractivity contribution >= 4 is 29.1 Å². The highest BCUT2D eigenvalue weighted by molar-refractivity contribution is 5.83. The quantitative estimate of drug-likeness (QED) is 0.539. The van der Waals surface area contributed by atoms with E-state index in [4.69, 9.17) is 9.40 Å². The van der Waals surface area contributed by atoms with E-state index >= 15 is 0 Å². The van der Waals surface area contributed by atoms with Gasteiger partial charge in [0.1, 0.15) is 18.1 Å². The van der Waals surface area contributed by atoms with Crippen molar-refractivity contribution in [2.24, 2.45) is 0 Å². The number of carbonyl (C=O) groups excluding carboxylic acids is 1. The molecule has 0 fully saturated rings. The smallest absolute Gasteiger partial charge is 0.243 e. The molecule has 1 aromatic carbocycles. The third-order valence-electron chi connectivity index (χ3n) is 5.34. The van der Waals surface area contributed by atoms with Crippen molar-refractivity contribution in [2.75, 3.05) is 0 Å². The molecule has 0 saturated heterocycles. The largest absolute Gasteiger partial charge is 0.465 e. The molecular formula is C23H29N3O2. The maximum absolute atomic E-state index is 13.3. The minimum absolute atomic E-state index is 0.125. The molecule has 0 aliphatic rings. The lowest BCUT2D eigenvalue weighted by Crippen LogP contribution is -2.45. The Labute approximate surface area is 166 Å². The van der Waals surface area contributed by atoms with Crippen LogP contribution >= 0.6 is 0 Å². The van der Waals surface area contributed by atoms with Gasteiger partial charge in [0.2, 0.25) is 5.91 Å². The molecule has 0 aliphatic heterocycles. The van der Waals surface area contributed by atoms with E-state index in [9.17, 15) is 4.79 Å². The third-order valence-corrected chi connectivity index (χ3v) is 5.34. The Kier molecular flexibility index (Phi) is 6.34. The number of imidazole rings is 1. The molecule has 0 radical (unpaired) electrons. The molecule has 1 amide bonds. The van der Waals surface area contributed by atoms with E-state index in [-0.39, 0.29) is 24.5 Å². The number of carbonyl (C=O) groups is 1. The van der Waals surface area contributed by atoms with E-state index < -0.39 is 0 Å². The number of para-hydroxylation sites is 2. The Morgan fingerprint density at radius 2 is 1.82 bits per heavy atom. The summed E-state index contributed by atoms with van der Waals surface area (Å²) in [4.78, 5) is 20.0. The summed E-state index contributed by atoms with van der Waals surface area (Å²) in [7, 11) is 0. The molecule has 2 unspecified atom stereocenters. The van der Waals surface area contributed by atoms with Gasteiger partial charge in [-0.15, -0.1) is 0 Å². The molecule has 3 aromatic rings. The predicted octanol–water partition coefficient (Wildman–Crippen LogP) is 5.23. The fourth-order valence-electron chi connectivity index (χ4n) is 3.47. The summed E-state index contributed by atoms with van der Waals surface area (Å²) in [6.07, 6.45) is 7.30. The van der Waals surface area contributed by atoms with Crippen LogP contribution in [0, 0.1) is 0 Å².